The van der Waals surface area contributed by atoms with Gasteiger partial charge in [0.2, 0.25) is 0 Å². The first-order chi connectivity index (χ1) is 8.47. The Hall–Kier alpha value is -1.26. The van der Waals surface area contributed by atoms with Crippen molar-refractivity contribution in [3.63, 3.8) is 0 Å². The molecule has 0 unspecified atom stereocenters. The van der Waals surface area contributed by atoms with Gasteiger partial charge in [-0.3, -0.25) is 4.79 Å². The van der Waals surface area contributed by atoms with E-state index in [2.05, 4.69) is 0 Å². The van der Waals surface area contributed by atoms with Crippen molar-refractivity contribution in [3.8, 4) is 0 Å². The largest absolute Gasteiger partial charge is 0.398 e. The minimum atomic E-state index is -0.190. The van der Waals surface area contributed by atoms with Crippen molar-refractivity contribution in [2.45, 2.75) is 18.9 Å². The molecular weight excluding hydrogens is 252 g/mol. The van der Waals surface area contributed by atoms with E-state index in [-0.39, 0.29) is 12.0 Å². The highest BCUT2D eigenvalue weighted by atomic mass is 35.5. The topological polar surface area (TPSA) is 66.6 Å². The van der Waals surface area contributed by atoms with Crippen LogP contribution in [-0.2, 0) is 0 Å². The number of aliphatic hydroxyl groups is 1. The van der Waals surface area contributed by atoms with E-state index in [1.807, 2.05) is 0 Å². The standard InChI is InChI=1S/C13H17ClN2O2/c1-16(7-8-4-10(17)5-8)13(18)9-2-3-11(14)12(15)6-9/h2-3,6,8,10,17H,4-5,7,15H2,1H3. The van der Waals surface area contributed by atoms with Crippen LogP contribution >= 0.6 is 11.6 Å². The Labute approximate surface area is 111 Å². The monoisotopic (exact) mass is 268 g/mol. The number of nitrogen functional groups attached to an aromatic ring is 1. The van der Waals surface area contributed by atoms with Crippen molar-refractivity contribution >= 4 is 23.2 Å². The quantitative estimate of drug-likeness (QED) is 0.821. The number of amides is 1. The van der Waals surface area contributed by atoms with Crippen molar-refractivity contribution in [1.82, 2.24) is 4.90 Å². The summed E-state index contributed by atoms with van der Waals surface area (Å²) < 4.78 is 0. The molecule has 1 amide bonds. The lowest BCUT2D eigenvalue weighted by molar-refractivity contribution is 0.0265. The second-order valence-electron chi connectivity index (χ2n) is 4.91. The second-order valence-corrected chi connectivity index (χ2v) is 5.32. The summed E-state index contributed by atoms with van der Waals surface area (Å²) in [4.78, 5) is 13.8. The molecule has 0 spiro atoms. The molecule has 1 aromatic rings. The lowest BCUT2D eigenvalue weighted by Gasteiger charge is -2.34. The number of hydrogen-bond donors (Lipinski definition) is 2. The van der Waals surface area contributed by atoms with Gasteiger partial charge < -0.3 is 15.7 Å². The fourth-order valence-corrected chi connectivity index (χ4v) is 2.33. The van der Waals surface area contributed by atoms with Gasteiger partial charge in [0.15, 0.2) is 0 Å². The molecule has 1 fully saturated rings. The van der Waals surface area contributed by atoms with Crippen LogP contribution in [-0.4, -0.2) is 35.6 Å². The number of benzene rings is 1. The molecule has 1 aliphatic rings. The maximum Gasteiger partial charge on any atom is 0.253 e. The molecule has 1 aliphatic carbocycles. The van der Waals surface area contributed by atoms with Gasteiger partial charge in [0, 0.05) is 19.2 Å². The first-order valence-corrected chi connectivity index (χ1v) is 6.33. The smallest absolute Gasteiger partial charge is 0.253 e. The van der Waals surface area contributed by atoms with Crippen molar-refractivity contribution in [2.24, 2.45) is 5.92 Å². The Balaban J connectivity index is 1.99. The van der Waals surface area contributed by atoms with Gasteiger partial charge >= 0.3 is 0 Å². The van der Waals surface area contributed by atoms with Crippen LogP contribution in [0.5, 0.6) is 0 Å². The number of nitrogens with zero attached hydrogens (tertiary/aromatic N) is 1. The molecule has 0 aromatic heterocycles. The van der Waals surface area contributed by atoms with E-state index in [1.165, 1.54) is 0 Å². The highest BCUT2D eigenvalue weighted by Crippen LogP contribution is 2.28. The molecule has 4 nitrogen and oxygen atoms in total. The number of nitrogens with two attached hydrogens (primary N) is 1. The highest BCUT2D eigenvalue weighted by Gasteiger charge is 2.29. The molecule has 0 aliphatic heterocycles. The van der Waals surface area contributed by atoms with Gasteiger partial charge in [-0.2, -0.15) is 0 Å². The van der Waals surface area contributed by atoms with Crippen molar-refractivity contribution < 1.29 is 9.90 Å². The van der Waals surface area contributed by atoms with E-state index in [4.69, 9.17) is 17.3 Å². The lowest BCUT2D eigenvalue weighted by Crippen LogP contribution is -2.39. The van der Waals surface area contributed by atoms with Gasteiger partial charge in [0.1, 0.15) is 0 Å². The van der Waals surface area contributed by atoms with E-state index >= 15 is 0 Å². The number of rotatable bonds is 3. The summed E-state index contributed by atoms with van der Waals surface area (Å²) in [7, 11) is 1.76. The second kappa shape index (κ2) is 5.16. The Morgan fingerprint density at radius 3 is 2.78 bits per heavy atom. The molecule has 2 rings (SSSR count). The maximum atomic E-state index is 12.1. The van der Waals surface area contributed by atoms with Crippen molar-refractivity contribution in [1.29, 1.82) is 0 Å². The van der Waals surface area contributed by atoms with E-state index in [0.717, 1.165) is 12.8 Å². The highest BCUT2D eigenvalue weighted by molar-refractivity contribution is 6.33. The van der Waals surface area contributed by atoms with Crippen LogP contribution in [0.25, 0.3) is 0 Å². The van der Waals surface area contributed by atoms with Gasteiger partial charge in [-0.05, 0) is 37.0 Å². The Bertz CT molecular complexity index is 458. The summed E-state index contributed by atoms with van der Waals surface area (Å²) in [5, 5.41) is 9.67. The molecule has 98 valence electrons. The van der Waals surface area contributed by atoms with Crippen molar-refractivity contribution in [3.05, 3.63) is 28.8 Å². The zero-order valence-corrected chi connectivity index (χ0v) is 11.0. The number of carbonyl (C=O) groups is 1. The van der Waals surface area contributed by atoms with Crippen LogP contribution in [0.15, 0.2) is 18.2 Å². The minimum absolute atomic E-state index is 0.0697. The van der Waals surface area contributed by atoms with Crippen LogP contribution in [0.4, 0.5) is 5.69 Å². The van der Waals surface area contributed by atoms with E-state index < -0.39 is 0 Å². The zero-order valence-electron chi connectivity index (χ0n) is 10.3. The average molecular weight is 269 g/mol. The number of anilines is 1. The normalized spacial score (nSPS) is 22.4. The van der Waals surface area contributed by atoms with Crippen LogP contribution < -0.4 is 5.73 Å². The van der Waals surface area contributed by atoms with E-state index in [1.54, 1.807) is 30.1 Å². The van der Waals surface area contributed by atoms with Gasteiger partial charge in [0.25, 0.3) is 5.91 Å². The number of carbonyl (C=O) groups excluding carboxylic acids is 1. The molecule has 5 heteroatoms. The van der Waals surface area contributed by atoms with Gasteiger partial charge in [-0.15, -0.1) is 0 Å². The zero-order chi connectivity index (χ0) is 13.3. The van der Waals surface area contributed by atoms with Gasteiger partial charge in [-0.1, -0.05) is 11.6 Å². The molecule has 0 saturated heterocycles. The van der Waals surface area contributed by atoms with Gasteiger partial charge in [-0.25, -0.2) is 0 Å². The number of hydrogen-bond acceptors (Lipinski definition) is 3. The summed E-state index contributed by atoms with van der Waals surface area (Å²) in [6.45, 7) is 0.665. The molecule has 0 atom stereocenters. The first-order valence-electron chi connectivity index (χ1n) is 5.96. The summed E-state index contributed by atoms with van der Waals surface area (Å²) in [6.07, 6.45) is 1.37. The van der Waals surface area contributed by atoms with E-state index in [0.29, 0.717) is 28.7 Å². The van der Waals surface area contributed by atoms with Crippen LogP contribution in [0.2, 0.25) is 5.02 Å². The van der Waals surface area contributed by atoms with Crippen LogP contribution in [0, 0.1) is 5.92 Å². The molecule has 0 bridgehead atoms. The SMILES string of the molecule is CN(CC1CC(O)C1)C(=O)c1ccc(Cl)c(N)c1. The molecule has 1 saturated carbocycles. The average Bonchev–Trinajstić information content (AvgIpc) is 2.29. The molecule has 0 heterocycles. The van der Waals surface area contributed by atoms with Gasteiger partial charge in [0.05, 0.1) is 16.8 Å². The predicted octanol–water partition coefficient (Wildman–Crippen LogP) is 1.77. The first kappa shape index (κ1) is 13.2. The van der Waals surface area contributed by atoms with Crippen molar-refractivity contribution in [2.75, 3.05) is 19.3 Å². The number of aliphatic hydroxyl groups excluding tert-OH is 1. The minimum Gasteiger partial charge on any atom is -0.398 e. The number of halogens is 1. The summed E-state index contributed by atoms with van der Waals surface area (Å²) in [6, 6.07) is 4.90. The third-order valence-electron chi connectivity index (χ3n) is 3.33. The summed E-state index contributed by atoms with van der Waals surface area (Å²) >= 11 is 5.82. The molecule has 0 radical (unpaired) electrons. The van der Waals surface area contributed by atoms with E-state index in [9.17, 15) is 9.90 Å². The molecule has 18 heavy (non-hydrogen) atoms. The molecule has 1 aromatic carbocycles. The Morgan fingerprint density at radius 1 is 1.56 bits per heavy atom. The molecular formula is C13H17ClN2O2. The maximum absolute atomic E-state index is 12.1. The lowest BCUT2D eigenvalue weighted by atomic mass is 9.82. The Morgan fingerprint density at radius 2 is 2.22 bits per heavy atom. The predicted molar refractivity (Wildman–Crippen MR) is 71.6 cm³/mol. The molecule has 3 N–H and O–H groups in total. The summed E-state index contributed by atoms with van der Waals surface area (Å²) in [5.74, 6) is 0.332. The fourth-order valence-electron chi connectivity index (χ4n) is 2.22. The summed E-state index contributed by atoms with van der Waals surface area (Å²) in [5.41, 5.74) is 6.63. The van der Waals surface area contributed by atoms with Crippen LogP contribution in [0.3, 0.4) is 0 Å². The van der Waals surface area contributed by atoms with Crippen LogP contribution in [0.1, 0.15) is 23.2 Å². The third kappa shape index (κ3) is 2.76. The fraction of sp³-hybridized carbons (Fsp3) is 0.462. The Kier molecular flexibility index (Phi) is 3.78. The third-order valence-corrected chi connectivity index (χ3v) is 3.68.